The SMILES string of the molecule is CN(C(=O)OCC1c2ccccc2-c2ccccc21)[C@@H](CC(N)=O)C(=O)O. The number of carboxylic acids is 1. The zero-order chi connectivity index (χ0) is 19.6. The molecule has 3 rings (SSSR count). The molecule has 1 aliphatic rings. The number of likely N-dealkylation sites (N-methyl/N-ethyl adjacent to an activating group) is 1. The first-order valence-corrected chi connectivity index (χ1v) is 8.49. The maximum absolute atomic E-state index is 12.3. The Labute approximate surface area is 156 Å². The minimum absolute atomic E-state index is 0.0696. The van der Waals surface area contributed by atoms with E-state index in [2.05, 4.69) is 0 Å². The first kappa shape index (κ1) is 18.4. The standard InChI is InChI=1S/C20H20N2O5/c1-22(17(19(24)25)10-18(21)23)20(26)27-11-16-14-8-4-2-6-12(14)13-7-3-5-9-15(13)16/h2-9,16-17H,10-11H2,1H3,(H2,21,23)(H,24,25)/t17-/m0/s1. The predicted octanol–water partition coefficient (Wildman–Crippen LogP) is 2.20. The van der Waals surface area contributed by atoms with Gasteiger partial charge >= 0.3 is 12.1 Å². The van der Waals surface area contributed by atoms with Gasteiger partial charge in [0.1, 0.15) is 12.6 Å². The van der Waals surface area contributed by atoms with Gasteiger partial charge in [-0.3, -0.25) is 9.69 Å². The molecule has 0 radical (unpaired) electrons. The fraction of sp³-hybridized carbons (Fsp3) is 0.250. The summed E-state index contributed by atoms with van der Waals surface area (Å²) in [6.45, 7) is 0.0696. The average molecular weight is 368 g/mol. The van der Waals surface area contributed by atoms with Crippen molar-refractivity contribution in [3.63, 3.8) is 0 Å². The first-order valence-electron chi connectivity index (χ1n) is 8.49. The molecule has 0 saturated heterocycles. The molecule has 140 valence electrons. The Kier molecular flexibility index (Phi) is 5.12. The number of amides is 2. The maximum atomic E-state index is 12.3. The molecule has 0 aliphatic heterocycles. The number of carbonyl (C=O) groups excluding carboxylic acids is 2. The van der Waals surface area contributed by atoms with Crippen LogP contribution in [-0.4, -0.2) is 47.7 Å². The molecule has 1 atom stereocenters. The van der Waals surface area contributed by atoms with Crippen LogP contribution in [0.3, 0.4) is 0 Å². The van der Waals surface area contributed by atoms with Gasteiger partial charge in [0.25, 0.3) is 0 Å². The topological polar surface area (TPSA) is 110 Å². The quantitative estimate of drug-likeness (QED) is 0.812. The lowest BCUT2D eigenvalue weighted by molar-refractivity contribution is -0.144. The molecular weight excluding hydrogens is 348 g/mol. The van der Waals surface area contributed by atoms with Crippen molar-refractivity contribution in [1.82, 2.24) is 4.90 Å². The van der Waals surface area contributed by atoms with Gasteiger partial charge in [-0.15, -0.1) is 0 Å². The summed E-state index contributed by atoms with van der Waals surface area (Å²) >= 11 is 0. The summed E-state index contributed by atoms with van der Waals surface area (Å²) in [7, 11) is 1.28. The van der Waals surface area contributed by atoms with Crippen LogP contribution in [0.1, 0.15) is 23.5 Å². The van der Waals surface area contributed by atoms with Gasteiger partial charge in [-0.1, -0.05) is 48.5 Å². The Bertz CT molecular complexity index is 850. The molecule has 0 fully saturated rings. The first-order chi connectivity index (χ1) is 12.9. The summed E-state index contributed by atoms with van der Waals surface area (Å²) in [6.07, 6.45) is -1.29. The Hall–Kier alpha value is -3.35. The number of aliphatic carboxylic acids is 1. The number of carbonyl (C=O) groups is 3. The van der Waals surface area contributed by atoms with Crippen molar-refractivity contribution in [1.29, 1.82) is 0 Å². The van der Waals surface area contributed by atoms with Crippen molar-refractivity contribution >= 4 is 18.0 Å². The fourth-order valence-electron chi connectivity index (χ4n) is 3.40. The number of benzene rings is 2. The number of primary amides is 1. The summed E-state index contributed by atoms with van der Waals surface area (Å²) in [5.41, 5.74) is 9.37. The van der Waals surface area contributed by atoms with Crippen molar-refractivity contribution in [3.8, 4) is 11.1 Å². The lowest BCUT2D eigenvalue weighted by Crippen LogP contribution is -2.45. The second kappa shape index (κ2) is 7.49. The number of ether oxygens (including phenoxy) is 1. The molecule has 27 heavy (non-hydrogen) atoms. The number of nitrogens with two attached hydrogens (primary N) is 1. The van der Waals surface area contributed by atoms with Crippen LogP contribution in [0.2, 0.25) is 0 Å². The van der Waals surface area contributed by atoms with E-state index in [9.17, 15) is 19.5 Å². The van der Waals surface area contributed by atoms with Crippen LogP contribution in [0, 0.1) is 0 Å². The van der Waals surface area contributed by atoms with Gasteiger partial charge in [0.2, 0.25) is 5.91 Å². The summed E-state index contributed by atoms with van der Waals surface area (Å²) in [6, 6.07) is 14.4. The third-order valence-corrected chi connectivity index (χ3v) is 4.77. The van der Waals surface area contributed by atoms with E-state index >= 15 is 0 Å². The van der Waals surface area contributed by atoms with Crippen LogP contribution < -0.4 is 5.73 Å². The van der Waals surface area contributed by atoms with Crippen LogP contribution >= 0.6 is 0 Å². The largest absolute Gasteiger partial charge is 0.480 e. The minimum Gasteiger partial charge on any atom is -0.480 e. The lowest BCUT2D eigenvalue weighted by atomic mass is 9.98. The third-order valence-electron chi connectivity index (χ3n) is 4.77. The van der Waals surface area contributed by atoms with Gasteiger partial charge in [-0.25, -0.2) is 9.59 Å². The van der Waals surface area contributed by atoms with Crippen LogP contribution in [0.4, 0.5) is 4.79 Å². The van der Waals surface area contributed by atoms with E-state index in [-0.39, 0.29) is 12.5 Å². The number of carboxylic acid groups (broad SMARTS) is 1. The van der Waals surface area contributed by atoms with Crippen molar-refractivity contribution in [3.05, 3.63) is 59.7 Å². The molecular formula is C20H20N2O5. The molecule has 0 saturated carbocycles. The van der Waals surface area contributed by atoms with E-state index < -0.39 is 30.4 Å². The Morgan fingerprint density at radius 1 is 1.07 bits per heavy atom. The number of hydrogen-bond acceptors (Lipinski definition) is 4. The van der Waals surface area contributed by atoms with Crippen molar-refractivity contribution in [2.24, 2.45) is 5.73 Å². The van der Waals surface area contributed by atoms with Crippen molar-refractivity contribution < 1.29 is 24.2 Å². The zero-order valence-corrected chi connectivity index (χ0v) is 14.8. The molecule has 0 bridgehead atoms. The molecule has 3 N–H and O–H groups in total. The van der Waals surface area contributed by atoms with Crippen LogP contribution in [0.25, 0.3) is 11.1 Å². The fourth-order valence-corrected chi connectivity index (χ4v) is 3.40. The number of fused-ring (bicyclic) bond motifs is 3. The summed E-state index contributed by atoms with van der Waals surface area (Å²) in [5, 5.41) is 9.22. The van der Waals surface area contributed by atoms with Crippen molar-refractivity contribution in [2.75, 3.05) is 13.7 Å². The van der Waals surface area contributed by atoms with E-state index in [1.807, 2.05) is 48.5 Å². The molecule has 0 heterocycles. The van der Waals surface area contributed by atoms with E-state index in [1.165, 1.54) is 7.05 Å². The lowest BCUT2D eigenvalue weighted by Gasteiger charge is -2.24. The molecule has 2 aromatic carbocycles. The molecule has 0 aromatic heterocycles. The Morgan fingerprint density at radius 2 is 1.59 bits per heavy atom. The van der Waals surface area contributed by atoms with E-state index in [0.29, 0.717) is 0 Å². The highest BCUT2D eigenvalue weighted by Gasteiger charge is 2.32. The van der Waals surface area contributed by atoms with Gasteiger partial charge in [-0.2, -0.15) is 0 Å². The predicted molar refractivity (Wildman–Crippen MR) is 98.1 cm³/mol. The molecule has 2 amide bonds. The summed E-state index contributed by atoms with van der Waals surface area (Å²) in [5.74, 6) is -2.25. The van der Waals surface area contributed by atoms with Crippen molar-refractivity contribution in [2.45, 2.75) is 18.4 Å². The molecule has 0 spiro atoms. The van der Waals surface area contributed by atoms with Crippen LogP contribution in [-0.2, 0) is 14.3 Å². The Balaban J connectivity index is 1.75. The highest BCUT2D eigenvalue weighted by Crippen LogP contribution is 2.44. The number of rotatable bonds is 6. The number of nitrogens with zero attached hydrogens (tertiary/aromatic N) is 1. The molecule has 1 aliphatic carbocycles. The maximum Gasteiger partial charge on any atom is 0.410 e. The highest BCUT2D eigenvalue weighted by molar-refractivity contribution is 5.86. The third kappa shape index (κ3) is 3.62. The summed E-state index contributed by atoms with van der Waals surface area (Å²) < 4.78 is 5.39. The van der Waals surface area contributed by atoms with Gasteiger partial charge in [-0.05, 0) is 22.3 Å². The Morgan fingerprint density at radius 3 is 2.07 bits per heavy atom. The van der Waals surface area contributed by atoms with E-state index in [4.69, 9.17) is 10.5 Å². The summed E-state index contributed by atoms with van der Waals surface area (Å²) in [4.78, 5) is 35.6. The second-order valence-corrected chi connectivity index (χ2v) is 6.44. The van der Waals surface area contributed by atoms with Crippen LogP contribution in [0.5, 0.6) is 0 Å². The molecule has 0 unspecified atom stereocenters. The zero-order valence-electron chi connectivity index (χ0n) is 14.8. The monoisotopic (exact) mass is 368 g/mol. The van der Waals surface area contributed by atoms with Gasteiger partial charge in [0, 0.05) is 13.0 Å². The number of hydrogen-bond donors (Lipinski definition) is 2. The van der Waals surface area contributed by atoms with Gasteiger partial charge in [0.05, 0.1) is 6.42 Å². The van der Waals surface area contributed by atoms with E-state index in [0.717, 1.165) is 27.2 Å². The van der Waals surface area contributed by atoms with Gasteiger partial charge < -0.3 is 15.6 Å². The van der Waals surface area contributed by atoms with Crippen LogP contribution in [0.15, 0.2) is 48.5 Å². The van der Waals surface area contributed by atoms with E-state index in [1.54, 1.807) is 0 Å². The molecule has 7 nitrogen and oxygen atoms in total. The smallest absolute Gasteiger partial charge is 0.410 e. The molecule has 2 aromatic rings. The normalized spacial score (nSPS) is 13.4. The highest BCUT2D eigenvalue weighted by atomic mass is 16.6. The second-order valence-electron chi connectivity index (χ2n) is 6.44. The average Bonchev–Trinajstić information content (AvgIpc) is 2.97. The molecule has 7 heteroatoms. The van der Waals surface area contributed by atoms with Gasteiger partial charge in [0.15, 0.2) is 0 Å². The minimum atomic E-state index is -1.36.